The first-order chi connectivity index (χ1) is 9.74. The molecule has 98 valence electrons. The third kappa shape index (κ3) is 2.53. The summed E-state index contributed by atoms with van der Waals surface area (Å²) in [5.74, 6) is 0. The zero-order valence-electron chi connectivity index (χ0n) is 10.7. The second-order valence-electron chi connectivity index (χ2n) is 4.49. The van der Waals surface area contributed by atoms with Crippen molar-refractivity contribution in [3.05, 3.63) is 72.3 Å². The lowest BCUT2D eigenvalue weighted by Crippen LogP contribution is -1.99. The van der Waals surface area contributed by atoms with Crippen LogP contribution in [0.15, 0.2) is 71.6 Å². The van der Waals surface area contributed by atoms with E-state index in [1.54, 1.807) is 12.1 Å². The van der Waals surface area contributed by atoms with Gasteiger partial charge in [0.1, 0.15) is 0 Å². The summed E-state index contributed by atoms with van der Waals surface area (Å²) >= 11 is 1.21. The molecule has 0 saturated carbocycles. The standard InChI is InChI=1S/C17H13NOS/c18-16-8-4-3-7-15(16)17(19)20-14-10-9-12-5-1-2-6-13(12)11-14/h1-11H,18H2. The van der Waals surface area contributed by atoms with Gasteiger partial charge in [0.2, 0.25) is 5.12 Å². The number of rotatable bonds is 2. The summed E-state index contributed by atoms with van der Waals surface area (Å²) in [6, 6.07) is 21.3. The average molecular weight is 279 g/mol. The second-order valence-corrected chi connectivity index (χ2v) is 5.53. The number of hydrogen-bond acceptors (Lipinski definition) is 3. The molecule has 0 aromatic heterocycles. The highest BCUT2D eigenvalue weighted by atomic mass is 32.2. The predicted molar refractivity (Wildman–Crippen MR) is 85.0 cm³/mol. The SMILES string of the molecule is Nc1ccccc1C(=O)Sc1ccc2ccccc2c1. The van der Waals surface area contributed by atoms with Crippen molar-refractivity contribution in [2.45, 2.75) is 4.90 Å². The second kappa shape index (κ2) is 5.39. The van der Waals surface area contributed by atoms with Crippen molar-refractivity contribution in [1.29, 1.82) is 0 Å². The van der Waals surface area contributed by atoms with Crippen LogP contribution in [0.4, 0.5) is 5.69 Å². The normalized spacial score (nSPS) is 10.6. The quantitative estimate of drug-likeness (QED) is 0.560. The van der Waals surface area contributed by atoms with Gasteiger partial charge in [-0.15, -0.1) is 0 Å². The minimum atomic E-state index is -0.0293. The van der Waals surface area contributed by atoms with Crippen molar-refractivity contribution in [3.63, 3.8) is 0 Å². The zero-order chi connectivity index (χ0) is 13.9. The van der Waals surface area contributed by atoms with Crippen LogP contribution in [-0.2, 0) is 0 Å². The van der Waals surface area contributed by atoms with E-state index in [-0.39, 0.29) is 5.12 Å². The molecule has 0 amide bonds. The molecule has 0 radical (unpaired) electrons. The molecule has 0 aliphatic rings. The largest absolute Gasteiger partial charge is 0.398 e. The molecule has 0 spiro atoms. The zero-order valence-corrected chi connectivity index (χ0v) is 11.6. The Labute approximate surface area is 121 Å². The Morgan fingerprint density at radius 2 is 1.55 bits per heavy atom. The number of carbonyl (C=O) groups is 1. The summed E-state index contributed by atoms with van der Waals surface area (Å²) in [6.07, 6.45) is 0. The van der Waals surface area contributed by atoms with Crippen LogP contribution >= 0.6 is 11.8 Å². The Morgan fingerprint density at radius 3 is 2.35 bits per heavy atom. The van der Waals surface area contributed by atoms with E-state index >= 15 is 0 Å². The number of fused-ring (bicyclic) bond motifs is 1. The Bertz CT molecular complexity index is 783. The molecule has 0 atom stereocenters. The van der Waals surface area contributed by atoms with E-state index in [2.05, 4.69) is 6.07 Å². The van der Waals surface area contributed by atoms with Crippen molar-refractivity contribution in [2.75, 3.05) is 5.73 Å². The molecule has 3 rings (SSSR count). The van der Waals surface area contributed by atoms with Gasteiger partial charge in [0.05, 0.1) is 5.56 Å². The van der Waals surface area contributed by atoms with Gasteiger partial charge in [-0.2, -0.15) is 0 Å². The van der Waals surface area contributed by atoms with Gasteiger partial charge in [-0.3, -0.25) is 4.79 Å². The molecule has 0 fully saturated rings. The minimum absolute atomic E-state index is 0.0293. The van der Waals surface area contributed by atoms with E-state index in [0.29, 0.717) is 11.3 Å². The lowest BCUT2D eigenvalue weighted by Gasteiger charge is -2.05. The van der Waals surface area contributed by atoms with Crippen molar-refractivity contribution >= 4 is 33.3 Å². The number of hydrogen-bond donors (Lipinski definition) is 1. The topological polar surface area (TPSA) is 43.1 Å². The lowest BCUT2D eigenvalue weighted by molar-refractivity contribution is 0.109. The third-order valence-electron chi connectivity index (χ3n) is 3.11. The van der Waals surface area contributed by atoms with Crippen LogP contribution in [0.2, 0.25) is 0 Å². The van der Waals surface area contributed by atoms with E-state index in [9.17, 15) is 4.79 Å². The third-order valence-corrected chi connectivity index (χ3v) is 4.01. The van der Waals surface area contributed by atoms with Crippen LogP contribution < -0.4 is 5.73 Å². The molecule has 0 aliphatic carbocycles. The van der Waals surface area contributed by atoms with E-state index < -0.39 is 0 Å². The Hall–Kier alpha value is -2.26. The Morgan fingerprint density at radius 1 is 0.850 bits per heavy atom. The predicted octanol–water partition coefficient (Wildman–Crippen LogP) is 4.35. The summed E-state index contributed by atoms with van der Waals surface area (Å²) < 4.78 is 0. The first kappa shape index (κ1) is 12.8. The fourth-order valence-corrected chi connectivity index (χ4v) is 2.91. The number of benzene rings is 3. The number of nitrogen functional groups attached to an aromatic ring is 1. The summed E-state index contributed by atoms with van der Waals surface area (Å²) in [6.45, 7) is 0. The highest BCUT2D eigenvalue weighted by Gasteiger charge is 2.11. The van der Waals surface area contributed by atoms with Gasteiger partial charge in [-0.1, -0.05) is 42.5 Å². The molecular formula is C17H13NOS. The highest BCUT2D eigenvalue weighted by Crippen LogP contribution is 2.28. The van der Waals surface area contributed by atoms with Gasteiger partial charge >= 0.3 is 0 Å². The molecule has 0 unspecified atom stereocenters. The molecule has 3 aromatic rings. The van der Waals surface area contributed by atoms with Crippen LogP contribution in [0.5, 0.6) is 0 Å². The van der Waals surface area contributed by atoms with E-state index in [4.69, 9.17) is 5.73 Å². The summed E-state index contributed by atoms with van der Waals surface area (Å²) in [7, 11) is 0. The lowest BCUT2D eigenvalue weighted by atomic mass is 10.1. The maximum atomic E-state index is 12.3. The maximum Gasteiger partial charge on any atom is 0.226 e. The highest BCUT2D eigenvalue weighted by molar-refractivity contribution is 8.14. The molecule has 3 aromatic carbocycles. The molecule has 2 nitrogen and oxygen atoms in total. The van der Waals surface area contributed by atoms with E-state index in [1.807, 2.05) is 48.5 Å². The van der Waals surface area contributed by atoms with Gasteiger partial charge in [0, 0.05) is 10.6 Å². The van der Waals surface area contributed by atoms with E-state index in [1.165, 1.54) is 17.1 Å². The summed E-state index contributed by atoms with van der Waals surface area (Å²) in [5.41, 5.74) is 6.91. The number of carbonyl (C=O) groups excluding carboxylic acids is 1. The van der Waals surface area contributed by atoms with Crippen LogP contribution in [0.1, 0.15) is 10.4 Å². The Kier molecular flexibility index (Phi) is 3.44. The van der Waals surface area contributed by atoms with Gasteiger partial charge in [0.15, 0.2) is 0 Å². The fraction of sp³-hybridized carbons (Fsp3) is 0. The van der Waals surface area contributed by atoms with Crippen LogP contribution in [0, 0.1) is 0 Å². The molecule has 3 heteroatoms. The number of nitrogens with two attached hydrogens (primary N) is 1. The van der Waals surface area contributed by atoms with E-state index in [0.717, 1.165) is 10.3 Å². The van der Waals surface area contributed by atoms with Crippen molar-refractivity contribution < 1.29 is 4.79 Å². The molecule has 0 aliphatic heterocycles. The van der Waals surface area contributed by atoms with Gasteiger partial charge in [-0.05, 0) is 46.8 Å². The number of para-hydroxylation sites is 1. The van der Waals surface area contributed by atoms with Gasteiger partial charge < -0.3 is 5.73 Å². The number of anilines is 1. The first-order valence-electron chi connectivity index (χ1n) is 6.29. The molecule has 2 N–H and O–H groups in total. The van der Waals surface area contributed by atoms with Crippen molar-refractivity contribution in [3.8, 4) is 0 Å². The first-order valence-corrected chi connectivity index (χ1v) is 7.11. The number of thioether (sulfide) groups is 1. The van der Waals surface area contributed by atoms with Gasteiger partial charge in [0.25, 0.3) is 0 Å². The fourth-order valence-electron chi connectivity index (χ4n) is 2.08. The average Bonchev–Trinajstić information content (AvgIpc) is 2.47. The maximum absolute atomic E-state index is 12.3. The van der Waals surface area contributed by atoms with Crippen molar-refractivity contribution in [1.82, 2.24) is 0 Å². The summed E-state index contributed by atoms with van der Waals surface area (Å²) in [5, 5.41) is 2.27. The van der Waals surface area contributed by atoms with Crippen LogP contribution in [-0.4, -0.2) is 5.12 Å². The van der Waals surface area contributed by atoms with Gasteiger partial charge in [-0.25, -0.2) is 0 Å². The van der Waals surface area contributed by atoms with Crippen LogP contribution in [0.25, 0.3) is 10.8 Å². The van der Waals surface area contributed by atoms with Crippen LogP contribution in [0.3, 0.4) is 0 Å². The minimum Gasteiger partial charge on any atom is -0.398 e. The molecule has 0 bridgehead atoms. The summed E-state index contributed by atoms with van der Waals surface area (Å²) in [4.78, 5) is 13.2. The molecular weight excluding hydrogens is 266 g/mol. The molecule has 0 saturated heterocycles. The van der Waals surface area contributed by atoms with Crippen molar-refractivity contribution in [2.24, 2.45) is 0 Å². The molecule has 20 heavy (non-hydrogen) atoms. The smallest absolute Gasteiger partial charge is 0.226 e. The monoisotopic (exact) mass is 279 g/mol. The molecule has 0 heterocycles. The Balaban J connectivity index is 1.89.